The molecule has 1 aromatic carbocycles. The first-order valence-corrected chi connectivity index (χ1v) is 5.40. The summed E-state index contributed by atoms with van der Waals surface area (Å²) in [6, 6.07) is 5.25. The van der Waals surface area contributed by atoms with Crippen LogP contribution in [0.5, 0.6) is 0 Å². The summed E-state index contributed by atoms with van der Waals surface area (Å²) in [5, 5.41) is 6.65. The van der Waals surface area contributed by atoms with Crippen LogP contribution in [0.3, 0.4) is 0 Å². The molecule has 0 atom stereocenters. The van der Waals surface area contributed by atoms with E-state index in [4.69, 9.17) is 11.6 Å². The molecule has 0 unspecified atom stereocenters. The monoisotopic (exact) mass is 237 g/mol. The Hall–Kier alpha value is -1.55. The fraction of sp³-hybridized carbons (Fsp3) is 0.273. The van der Waals surface area contributed by atoms with Gasteiger partial charge in [0, 0.05) is 17.8 Å². The van der Waals surface area contributed by atoms with Crippen molar-refractivity contribution in [2.24, 2.45) is 4.99 Å². The number of carbonyl (C=O) groups is 1. The zero-order valence-corrected chi connectivity index (χ0v) is 9.64. The number of aliphatic imine (C=N–C) groups is 1. The van der Waals surface area contributed by atoms with Crippen molar-refractivity contribution in [3.8, 4) is 0 Å². The van der Waals surface area contributed by atoms with Crippen LogP contribution >= 0.6 is 11.6 Å². The van der Waals surface area contributed by atoms with E-state index in [9.17, 15) is 4.79 Å². The number of ketones is 1. The van der Waals surface area contributed by atoms with Crippen molar-refractivity contribution < 1.29 is 4.79 Å². The van der Waals surface area contributed by atoms with Gasteiger partial charge in [-0.1, -0.05) is 11.6 Å². The molecule has 0 fully saturated rings. The zero-order valence-electron chi connectivity index (χ0n) is 8.88. The van der Waals surface area contributed by atoms with Crippen molar-refractivity contribution in [3.05, 3.63) is 28.8 Å². The SMILES string of the molecule is CC(=O)c1cc(NC2=NCCN2)ccc1Cl. The van der Waals surface area contributed by atoms with Crippen LogP contribution in [-0.4, -0.2) is 24.8 Å². The van der Waals surface area contributed by atoms with Crippen molar-refractivity contribution in [2.45, 2.75) is 6.92 Å². The van der Waals surface area contributed by atoms with Gasteiger partial charge in [-0.2, -0.15) is 0 Å². The molecule has 0 amide bonds. The Morgan fingerprint density at radius 2 is 2.38 bits per heavy atom. The fourth-order valence-electron chi connectivity index (χ4n) is 1.49. The molecule has 1 heterocycles. The lowest BCUT2D eigenvalue weighted by Crippen LogP contribution is -2.26. The van der Waals surface area contributed by atoms with Gasteiger partial charge in [-0.3, -0.25) is 9.79 Å². The molecule has 84 valence electrons. The molecule has 0 bridgehead atoms. The zero-order chi connectivity index (χ0) is 11.5. The minimum Gasteiger partial charge on any atom is -0.354 e. The normalized spacial score (nSPS) is 14.2. The summed E-state index contributed by atoms with van der Waals surface area (Å²) in [5.41, 5.74) is 1.33. The number of halogens is 1. The second-order valence-corrected chi connectivity index (χ2v) is 3.94. The third-order valence-corrected chi connectivity index (χ3v) is 2.61. The average Bonchev–Trinajstić information content (AvgIpc) is 2.73. The minimum atomic E-state index is -0.0463. The Morgan fingerprint density at radius 3 is 3.00 bits per heavy atom. The molecule has 0 saturated heterocycles. The molecular formula is C11H12ClN3O. The molecule has 1 aliphatic heterocycles. The standard InChI is InChI=1S/C11H12ClN3O/c1-7(16)9-6-8(2-3-10(9)12)15-11-13-4-5-14-11/h2-3,6H,4-5H2,1H3,(H2,13,14,15). The highest BCUT2D eigenvalue weighted by Crippen LogP contribution is 2.21. The van der Waals surface area contributed by atoms with Gasteiger partial charge in [-0.15, -0.1) is 0 Å². The lowest BCUT2D eigenvalue weighted by Gasteiger charge is -2.08. The van der Waals surface area contributed by atoms with E-state index in [1.165, 1.54) is 6.92 Å². The van der Waals surface area contributed by atoms with Crippen LogP contribution in [0.2, 0.25) is 5.02 Å². The summed E-state index contributed by atoms with van der Waals surface area (Å²) in [5.74, 6) is 0.687. The number of Topliss-reactive ketones (excluding diaryl/α,β-unsaturated/α-hetero) is 1. The summed E-state index contributed by atoms with van der Waals surface area (Å²) in [4.78, 5) is 15.5. The van der Waals surface area contributed by atoms with Gasteiger partial charge in [0.15, 0.2) is 11.7 Å². The molecule has 4 nitrogen and oxygen atoms in total. The minimum absolute atomic E-state index is 0.0463. The van der Waals surface area contributed by atoms with Gasteiger partial charge >= 0.3 is 0 Å². The molecule has 1 aliphatic rings. The van der Waals surface area contributed by atoms with Gasteiger partial charge in [-0.05, 0) is 25.1 Å². The maximum atomic E-state index is 11.3. The van der Waals surface area contributed by atoms with E-state index in [-0.39, 0.29) is 5.78 Å². The first-order chi connectivity index (χ1) is 7.66. The highest BCUT2D eigenvalue weighted by atomic mass is 35.5. The molecule has 2 rings (SSSR count). The van der Waals surface area contributed by atoms with E-state index in [2.05, 4.69) is 15.6 Å². The highest BCUT2D eigenvalue weighted by Gasteiger charge is 2.09. The largest absolute Gasteiger partial charge is 0.354 e. The van der Waals surface area contributed by atoms with Gasteiger partial charge in [0.25, 0.3) is 0 Å². The van der Waals surface area contributed by atoms with Crippen molar-refractivity contribution in [3.63, 3.8) is 0 Å². The summed E-state index contributed by atoms with van der Waals surface area (Å²) in [6.45, 7) is 3.11. The van der Waals surface area contributed by atoms with Crippen LogP contribution in [0.1, 0.15) is 17.3 Å². The van der Waals surface area contributed by atoms with Crippen molar-refractivity contribution in [1.82, 2.24) is 5.32 Å². The lowest BCUT2D eigenvalue weighted by molar-refractivity contribution is 0.101. The molecule has 0 radical (unpaired) electrons. The summed E-state index contributed by atoms with van der Waals surface area (Å²) >= 11 is 5.91. The molecule has 1 aromatic rings. The Kier molecular flexibility index (Phi) is 3.10. The van der Waals surface area contributed by atoms with E-state index in [0.29, 0.717) is 10.6 Å². The van der Waals surface area contributed by atoms with Crippen LogP contribution < -0.4 is 10.6 Å². The van der Waals surface area contributed by atoms with Crippen molar-refractivity contribution in [1.29, 1.82) is 0 Å². The summed E-state index contributed by atoms with van der Waals surface area (Å²) in [7, 11) is 0. The number of hydrogen-bond acceptors (Lipinski definition) is 4. The number of benzene rings is 1. The number of rotatable bonds is 2. The molecule has 16 heavy (non-hydrogen) atoms. The van der Waals surface area contributed by atoms with E-state index in [1.54, 1.807) is 12.1 Å². The first-order valence-electron chi connectivity index (χ1n) is 5.02. The van der Waals surface area contributed by atoms with E-state index in [1.807, 2.05) is 6.07 Å². The Bertz CT molecular complexity index is 457. The number of anilines is 1. The number of nitrogens with one attached hydrogen (secondary N) is 2. The second kappa shape index (κ2) is 4.53. The van der Waals surface area contributed by atoms with Crippen LogP contribution in [-0.2, 0) is 0 Å². The average molecular weight is 238 g/mol. The fourth-order valence-corrected chi connectivity index (χ4v) is 1.74. The summed E-state index contributed by atoms with van der Waals surface area (Å²) in [6.07, 6.45) is 0. The van der Waals surface area contributed by atoms with Gasteiger partial charge in [0.05, 0.1) is 11.6 Å². The number of guanidine groups is 1. The second-order valence-electron chi connectivity index (χ2n) is 3.53. The maximum absolute atomic E-state index is 11.3. The van der Waals surface area contributed by atoms with Gasteiger partial charge in [0.1, 0.15) is 0 Å². The molecular weight excluding hydrogens is 226 g/mol. The van der Waals surface area contributed by atoms with Crippen LogP contribution in [0.4, 0.5) is 5.69 Å². The molecule has 0 aromatic heterocycles. The van der Waals surface area contributed by atoms with Crippen LogP contribution in [0, 0.1) is 0 Å². The van der Waals surface area contributed by atoms with Crippen LogP contribution in [0.25, 0.3) is 0 Å². The van der Waals surface area contributed by atoms with Crippen LogP contribution in [0.15, 0.2) is 23.2 Å². The molecule has 0 spiro atoms. The van der Waals surface area contributed by atoms with E-state index < -0.39 is 0 Å². The number of nitrogens with zero attached hydrogens (tertiary/aromatic N) is 1. The molecule has 0 saturated carbocycles. The molecule has 2 N–H and O–H groups in total. The predicted molar refractivity (Wildman–Crippen MR) is 65.4 cm³/mol. The summed E-state index contributed by atoms with van der Waals surface area (Å²) < 4.78 is 0. The number of carbonyl (C=O) groups excluding carboxylic acids is 1. The van der Waals surface area contributed by atoms with Crippen molar-refractivity contribution in [2.75, 3.05) is 18.4 Å². The Balaban J connectivity index is 2.22. The van der Waals surface area contributed by atoms with Gasteiger partial charge in [0.2, 0.25) is 0 Å². The predicted octanol–water partition coefficient (Wildman–Crippen LogP) is 1.91. The van der Waals surface area contributed by atoms with E-state index in [0.717, 1.165) is 24.7 Å². The Labute approximate surface area is 98.7 Å². The van der Waals surface area contributed by atoms with Crippen molar-refractivity contribution >= 4 is 29.0 Å². The van der Waals surface area contributed by atoms with Gasteiger partial charge < -0.3 is 10.6 Å². The molecule has 0 aliphatic carbocycles. The smallest absolute Gasteiger partial charge is 0.195 e. The van der Waals surface area contributed by atoms with Gasteiger partial charge in [-0.25, -0.2) is 0 Å². The molecule has 5 heteroatoms. The van der Waals surface area contributed by atoms with E-state index >= 15 is 0 Å². The maximum Gasteiger partial charge on any atom is 0.195 e. The number of hydrogen-bond donors (Lipinski definition) is 2. The lowest BCUT2D eigenvalue weighted by atomic mass is 10.1. The third kappa shape index (κ3) is 2.33. The highest BCUT2D eigenvalue weighted by molar-refractivity contribution is 6.34. The first kappa shape index (κ1) is 11.0. The topological polar surface area (TPSA) is 53.5 Å². The third-order valence-electron chi connectivity index (χ3n) is 2.28. The Morgan fingerprint density at radius 1 is 1.56 bits per heavy atom. The quantitative estimate of drug-likeness (QED) is 0.773.